The molecule has 2 N–H and O–H groups in total. The van der Waals surface area contributed by atoms with Crippen LogP contribution in [0.5, 0.6) is 0 Å². The summed E-state index contributed by atoms with van der Waals surface area (Å²) in [4.78, 5) is 27.9. The number of hydrogen-bond acceptors (Lipinski definition) is 5. The van der Waals surface area contributed by atoms with Gasteiger partial charge in [-0.05, 0) is 109 Å². The number of halogens is 1. The van der Waals surface area contributed by atoms with Gasteiger partial charge in [0.05, 0.1) is 23.0 Å². The summed E-state index contributed by atoms with van der Waals surface area (Å²) >= 11 is 0. The average Bonchev–Trinajstić information content (AvgIpc) is 3.89. The fourth-order valence-electron chi connectivity index (χ4n) is 9.52. The van der Waals surface area contributed by atoms with Gasteiger partial charge in [0, 0.05) is 42.2 Å². The number of hydrogen-bond donors (Lipinski definition) is 2. The lowest BCUT2D eigenvalue weighted by Crippen LogP contribution is -2.56. The Morgan fingerprint density at radius 3 is 2.24 bits per heavy atom. The number of sulfonamides is 1. The van der Waals surface area contributed by atoms with Crippen molar-refractivity contribution in [1.82, 2.24) is 10.6 Å². The maximum atomic E-state index is 14.5. The first-order chi connectivity index (χ1) is 25.8. The molecule has 8 rings (SSSR count). The van der Waals surface area contributed by atoms with E-state index in [9.17, 15) is 22.4 Å². The first-order valence-corrected chi connectivity index (χ1v) is 20.6. The third-order valence-electron chi connectivity index (χ3n) is 12.4. The summed E-state index contributed by atoms with van der Waals surface area (Å²) < 4.78 is 47.3. The average molecular weight is 750 g/mol. The number of nitrogens with zero attached hydrogens (tertiary/aromatic N) is 1. The summed E-state index contributed by atoms with van der Waals surface area (Å²) in [5.74, 6) is 1.98. The molecule has 0 spiro atoms. The fraction of sp³-hybridized carbons (Fsp3) is 0.364. The van der Waals surface area contributed by atoms with Crippen LogP contribution in [0.2, 0.25) is 0 Å². The summed E-state index contributed by atoms with van der Waals surface area (Å²) in [5, 5.41) is 6.64. The predicted molar refractivity (Wildman–Crippen MR) is 212 cm³/mol. The Bertz CT molecular complexity index is 2310. The Balaban J connectivity index is 1.34. The van der Waals surface area contributed by atoms with Crippen LogP contribution in [0.1, 0.15) is 72.7 Å². The minimum absolute atomic E-state index is 0.221. The normalized spacial score (nSPS) is 20.9. The largest absolute Gasteiger partial charge is 0.455 e. The van der Waals surface area contributed by atoms with E-state index in [1.165, 1.54) is 51.2 Å². The van der Waals surface area contributed by atoms with Crippen LogP contribution >= 0.6 is 0 Å². The first-order valence-electron chi connectivity index (χ1n) is 18.8. The number of nitrogens with one attached hydrogen (secondary N) is 2. The SMILES string of the molecule is CCCC(C1C2CCC1C2C)C(C)(NC(=O)c1cccc(-c2cc3c(C(=O)NC)c(-c4ccc(F)cc4)oc3cc2N(C)S(C)(=O)=O)c1)c1ccccc1. The van der Waals surface area contributed by atoms with E-state index in [2.05, 4.69) is 43.5 Å². The minimum atomic E-state index is -3.75. The molecule has 10 heteroatoms. The number of carbonyl (C=O) groups excluding carboxylic acids is 2. The smallest absolute Gasteiger partial charge is 0.255 e. The maximum absolute atomic E-state index is 14.5. The van der Waals surface area contributed by atoms with Crippen LogP contribution in [0.25, 0.3) is 33.4 Å². The van der Waals surface area contributed by atoms with Gasteiger partial charge in [0.15, 0.2) is 0 Å². The monoisotopic (exact) mass is 749 g/mol. The van der Waals surface area contributed by atoms with Gasteiger partial charge in [0.1, 0.15) is 17.2 Å². The molecule has 0 saturated heterocycles. The van der Waals surface area contributed by atoms with E-state index in [0.717, 1.165) is 29.0 Å². The van der Waals surface area contributed by atoms with Crippen LogP contribution in [0.3, 0.4) is 0 Å². The van der Waals surface area contributed by atoms with Crippen molar-refractivity contribution in [3.63, 3.8) is 0 Å². The van der Waals surface area contributed by atoms with Crippen molar-refractivity contribution >= 4 is 38.5 Å². The molecular formula is C44H48FN3O5S. The quantitative estimate of drug-likeness (QED) is 0.132. The lowest BCUT2D eigenvalue weighted by atomic mass is 9.54. The fourth-order valence-corrected chi connectivity index (χ4v) is 10.0. The molecule has 8 nitrogen and oxygen atoms in total. The zero-order valence-corrected chi connectivity index (χ0v) is 32.5. The van der Waals surface area contributed by atoms with Gasteiger partial charge in [0.25, 0.3) is 11.8 Å². The first kappa shape index (κ1) is 37.4. The van der Waals surface area contributed by atoms with Crippen molar-refractivity contribution < 1.29 is 26.8 Å². The molecule has 1 heterocycles. The lowest BCUT2D eigenvalue weighted by molar-refractivity contribution is -0.0275. The summed E-state index contributed by atoms with van der Waals surface area (Å²) in [6, 6.07) is 26.4. The van der Waals surface area contributed by atoms with E-state index >= 15 is 0 Å². The topological polar surface area (TPSA) is 109 Å². The number of amides is 2. The Labute approximate surface area is 317 Å². The molecule has 3 fully saturated rings. The molecular weight excluding hydrogens is 702 g/mol. The number of rotatable bonds is 12. The number of anilines is 1. The Kier molecular flexibility index (Phi) is 9.93. The van der Waals surface area contributed by atoms with Crippen LogP contribution in [0.15, 0.2) is 95.4 Å². The zero-order chi connectivity index (χ0) is 38.5. The van der Waals surface area contributed by atoms with Gasteiger partial charge in [-0.3, -0.25) is 13.9 Å². The maximum Gasteiger partial charge on any atom is 0.255 e. The highest BCUT2D eigenvalue weighted by Gasteiger charge is 2.58. The second-order valence-electron chi connectivity index (χ2n) is 15.3. The summed E-state index contributed by atoms with van der Waals surface area (Å²) in [6.45, 7) is 6.77. The molecule has 4 unspecified atom stereocenters. The summed E-state index contributed by atoms with van der Waals surface area (Å²) in [6.07, 6.45) is 5.61. The molecule has 3 saturated carbocycles. The molecule has 0 radical (unpaired) electrons. The van der Waals surface area contributed by atoms with Gasteiger partial charge in [-0.1, -0.05) is 62.7 Å². The van der Waals surface area contributed by atoms with E-state index in [1.807, 2.05) is 24.3 Å². The Hall–Kier alpha value is -4.96. The highest BCUT2D eigenvalue weighted by Crippen LogP contribution is 2.63. The Morgan fingerprint density at radius 2 is 1.63 bits per heavy atom. The molecule has 5 aromatic rings. The van der Waals surface area contributed by atoms with Crippen LogP contribution in [0, 0.1) is 35.4 Å². The number of furan rings is 1. The summed E-state index contributed by atoms with van der Waals surface area (Å²) in [7, 11) is -0.793. The van der Waals surface area contributed by atoms with Crippen molar-refractivity contribution in [3.8, 4) is 22.5 Å². The van der Waals surface area contributed by atoms with Gasteiger partial charge in [-0.15, -0.1) is 0 Å². The second kappa shape index (κ2) is 14.4. The number of benzene rings is 4. The Morgan fingerprint density at radius 1 is 0.944 bits per heavy atom. The van der Waals surface area contributed by atoms with Crippen LogP contribution in [-0.2, 0) is 15.6 Å². The molecule has 3 aliphatic rings. The molecule has 282 valence electrons. The van der Waals surface area contributed by atoms with Crippen molar-refractivity contribution in [1.29, 1.82) is 0 Å². The second-order valence-corrected chi connectivity index (χ2v) is 17.3. The third-order valence-corrected chi connectivity index (χ3v) is 13.6. The van der Waals surface area contributed by atoms with Gasteiger partial charge in [-0.25, -0.2) is 12.8 Å². The molecule has 3 aliphatic carbocycles. The van der Waals surface area contributed by atoms with Gasteiger partial charge < -0.3 is 15.1 Å². The summed E-state index contributed by atoms with van der Waals surface area (Å²) in [5.41, 5.74) is 3.22. The molecule has 1 aromatic heterocycles. The minimum Gasteiger partial charge on any atom is -0.455 e. The molecule has 2 bridgehead atoms. The van der Waals surface area contributed by atoms with Crippen LogP contribution < -0.4 is 14.9 Å². The van der Waals surface area contributed by atoms with E-state index in [0.29, 0.717) is 57.0 Å². The molecule has 2 amide bonds. The van der Waals surface area contributed by atoms with Crippen molar-refractivity contribution in [2.24, 2.45) is 29.6 Å². The van der Waals surface area contributed by atoms with Gasteiger partial charge >= 0.3 is 0 Å². The van der Waals surface area contributed by atoms with Crippen LogP contribution in [0.4, 0.5) is 10.1 Å². The highest BCUT2D eigenvalue weighted by molar-refractivity contribution is 7.92. The third kappa shape index (κ3) is 6.48. The lowest BCUT2D eigenvalue weighted by Gasteiger charge is -2.53. The number of carbonyl (C=O) groups is 2. The molecule has 4 atom stereocenters. The van der Waals surface area contributed by atoms with Gasteiger partial charge in [0.2, 0.25) is 10.0 Å². The molecule has 0 aliphatic heterocycles. The van der Waals surface area contributed by atoms with Crippen molar-refractivity contribution in [3.05, 3.63) is 114 Å². The van der Waals surface area contributed by atoms with Crippen molar-refractivity contribution in [2.75, 3.05) is 24.7 Å². The van der Waals surface area contributed by atoms with E-state index in [1.54, 1.807) is 30.3 Å². The molecule has 54 heavy (non-hydrogen) atoms. The standard InChI is InChI=1S/C44H48FN3O5S/c1-7-12-36(39-32-21-22-33(39)26(32)2)44(3,30-15-9-8-10-16-30)47-42(49)29-14-11-13-28(23-29)34-24-35-38(25-37(34)48(5)54(6,51)52)53-41(40(35)43(50)46-4)27-17-19-31(45)20-18-27/h8-11,13-20,23-26,32-33,36,39H,7,12,21-22H2,1-6H3,(H,46,50)(H,47,49). The van der Waals surface area contributed by atoms with E-state index < -0.39 is 27.3 Å². The highest BCUT2D eigenvalue weighted by atomic mass is 32.2. The van der Waals surface area contributed by atoms with Crippen LogP contribution in [-0.4, -0.2) is 40.6 Å². The predicted octanol–water partition coefficient (Wildman–Crippen LogP) is 9.01. The number of fused-ring (bicyclic) bond motifs is 2. The van der Waals surface area contributed by atoms with E-state index in [4.69, 9.17) is 4.42 Å². The van der Waals surface area contributed by atoms with Crippen molar-refractivity contribution in [2.45, 2.75) is 52.0 Å². The van der Waals surface area contributed by atoms with Gasteiger partial charge in [-0.2, -0.15) is 0 Å². The van der Waals surface area contributed by atoms with E-state index in [-0.39, 0.29) is 28.7 Å². The zero-order valence-electron chi connectivity index (χ0n) is 31.7. The molecule has 4 aromatic carbocycles.